The third kappa shape index (κ3) is 3.48. The molecule has 0 aliphatic rings. The average Bonchev–Trinajstić information content (AvgIpc) is 3.22. The molecule has 2 heterocycles. The van der Waals surface area contributed by atoms with Crippen molar-refractivity contribution in [1.29, 1.82) is 0 Å². The first kappa shape index (κ1) is 18.2. The molecule has 0 N–H and O–H groups in total. The lowest BCUT2D eigenvalue weighted by Gasteiger charge is -2.13. The van der Waals surface area contributed by atoms with Gasteiger partial charge in [-0.15, -0.1) is 6.58 Å². The minimum absolute atomic E-state index is 0.0873. The zero-order chi connectivity index (χ0) is 19.5. The highest BCUT2D eigenvalue weighted by atomic mass is 32.2. The van der Waals surface area contributed by atoms with Crippen molar-refractivity contribution >= 4 is 22.7 Å². The molecule has 6 nitrogen and oxygen atoms in total. The van der Waals surface area contributed by atoms with Gasteiger partial charge in [0.2, 0.25) is 11.7 Å². The lowest BCUT2D eigenvalue weighted by Crippen LogP contribution is -2.23. The SMILES string of the molecule is C=CCn1c(SC(C)c2nc(-c3ccccc3)no2)nc2ccccc2c1=O. The summed E-state index contributed by atoms with van der Waals surface area (Å²) in [6.45, 7) is 6.09. The molecule has 0 aliphatic carbocycles. The molecular formula is C21H18N4O2S. The fourth-order valence-electron chi connectivity index (χ4n) is 2.84. The maximum absolute atomic E-state index is 12.9. The molecule has 140 valence electrons. The minimum atomic E-state index is -0.172. The van der Waals surface area contributed by atoms with Crippen molar-refractivity contribution in [3.05, 3.63) is 83.5 Å². The number of rotatable bonds is 6. The van der Waals surface area contributed by atoms with Gasteiger partial charge in [0, 0.05) is 12.1 Å². The minimum Gasteiger partial charge on any atom is -0.338 e. The van der Waals surface area contributed by atoms with Crippen LogP contribution in [0.3, 0.4) is 0 Å². The number of nitrogens with zero attached hydrogens (tertiary/aromatic N) is 4. The molecule has 1 unspecified atom stereocenters. The number of allylic oxidation sites excluding steroid dienone is 1. The van der Waals surface area contributed by atoms with Crippen molar-refractivity contribution in [3.8, 4) is 11.4 Å². The zero-order valence-corrected chi connectivity index (χ0v) is 16.1. The van der Waals surface area contributed by atoms with E-state index in [4.69, 9.17) is 4.52 Å². The van der Waals surface area contributed by atoms with Crippen LogP contribution in [0.15, 0.2) is 81.7 Å². The molecule has 0 radical (unpaired) electrons. The van der Waals surface area contributed by atoms with E-state index in [1.807, 2.05) is 55.5 Å². The summed E-state index contributed by atoms with van der Waals surface area (Å²) < 4.78 is 7.07. The normalized spacial score (nSPS) is 12.2. The van der Waals surface area contributed by atoms with E-state index < -0.39 is 0 Å². The summed E-state index contributed by atoms with van der Waals surface area (Å²) in [6, 6.07) is 17.0. The number of para-hydroxylation sites is 1. The van der Waals surface area contributed by atoms with Crippen molar-refractivity contribution in [3.63, 3.8) is 0 Å². The molecule has 28 heavy (non-hydrogen) atoms. The molecule has 0 aliphatic heterocycles. The third-order valence-electron chi connectivity index (χ3n) is 4.24. The Morgan fingerprint density at radius 3 is 2.68 bits per heavy atom. The van der Waals surface area contributed by atoms with Crippen LogP contribution in [0.25, 0.3) is 22.3 Å². The van der Waals surface area contributed by atoms with E-state index in [1.54, 1.807) is 16.7 Å². The van der Waals surface area contributed by atoms with Crippen molar-refractivity contribution in [2.24, 2.45) is 0 Å². The fourth-order valence-corrected chi connectivity index (χ4v) is 3.79. The zero-order valence-electron chi connectivity index (χ0n) is 15.3. The molecule has 2 aromatic carbocycles. The van der Waals surface area contributed by atoms with E-state index in [0.29, 0.717) is 34.3 Å². The highest BCUT2D eigenvalue weighted by Crippen LogP contribution is 2.33. The number of aromatic nitrogens is 4. The van der Waals surface area contributed by atoms with Gasteiger partial charge in [0.1, 0.15) is 0 Å². The molecule has 1 atom stereocenters. The molecule has 0 spiro atoms. The fraction of sp³-hybridized carbons (Fsp3) is 0.143. The number of hydrogen-bond acceptors (Lipinski definition) is 6. The number of benzene rings is 2. The van der Waals surface area contributed by atoms with Crippen molar-refractivity contribution < 1.29 is 4.52 Å². The van der Waals surface area contributed by atoms with Crippen LogP contribution < -0.4 is 5.56 Å². The van der Waals surface area contributed by atoms with Gasteiger partial charge in [-0.1, -0.05) is 65.5 Å². The van der Waals surface area contributed by atoms with Crippen molar-refractivity contribution in [2.45, 2.75) is 23.9 Å². The Morgan fingerprint density at radius 1 is 1.14 bits per heavy atom. The van der Waals surface area contributed by atoms with Crippen LogP contribution in [0.4, 0.5) is 0 Å². The molecule has 4 rings (SSSR count). The van der Waals surface area contributed by atoms with Gasteiger partial charge in [0.25, 0.3) is 5.56 Å². The summed E-state index contributed by atoms with van der Waals surface area (Å²) >= 11 is 1.41. The van der Waals surface area contributed by atoms with Crippen LogP contribution in [0.5, 0.6) is 0 Å². The molecule has 7 heteroatoms. The monoisotopic (exact) mass is 390 g/mol. The summed E-state index contributed by atoms with van der Waals surface area (Å²) in [5, 5.41) is 5.08. The quantitative estimate of drug-likeness (QED) is 0.274. The molecule has 0 saturated carbocycles. The first-order valence-corrected chi connectivity index (χ1v) is 9.71. The first-order valence-electron chi connectivity index (χ1n) is 8.83. The van der Waals surface area contributed by atoms with Gasteiger partial charge in [-0.3, -0.25) is 9.36 Å². The standard InChI is InChI=1S/C21H18N4O2S/c1-3-13-25-20(26)16-11-7-8-12-17(16)22-21(25)28-14(2)19-23-18(24-27-19)15-9-5-4-6-10-15/h3-12,14H,1,13H2,2H3. The molecule has 0 amide bonds. The summed E-state index contributed by atoms with van der Waals surface area (Å²) in [4.78, 5) is 22.0. The van der Waals surface area contributed by atoms with Crippen LogP contribution in [0, 0.1) is 0 Å². The predicted octanol–water partition coefficient (Wildman–Crippen LogP) is 4.49. The van der Waals surface area contributed by atoms with Crippen LogP contribution in [0.2, 0.25) is 0 Å². The van der Waals surface area contributed by atoms with Crippen molar-refractivity contribution in [1.82, 2.24) is 19.7 Å². The first-order chi connectivity index (χ1) is 13.7. The van der Waals surface area contributed by atoms with Crippen LogP contribution in [-0.4, -0.2) is 19.7 Å². The van der Waals surface area contributed by atoms with Gasteiger partial charge in [-0.25, -0.2) is 4.98 Å². The Labute approximate surface area is 165 Å². The van der Waals surface area contributed by atoms with Gasteiger partial charge >= 0.3 is 0 Å². The smallest absolute Gasteiger partial charge is 0.262 e. The van der Waals surface area contributed by atoms with Gasteiger partial charge in [-0.2, -0.15) is 4.98 Å². The number of fused-ring (bicyclic) bond motifs is 1. The number of hydrogen-bond donors (Lipinski definition) is 0. The van der Waals surface area contributed by atoms with Gasteiger partial charge in [-0.05, 0) is 19.1 Å². The number of thioether (sulfide) groups is 1. The molecule has 0 fully saturated rings. The summed E-state index contributed by atoms with van der Waals surface area (Å²) in [5.74, 6) is 1.02. The maximum atomic E-state index is 12.9. The molecule has 0 bridgehead atoms. The predicted molar refractivity (Wildman–Crippen MR) is 110 cm³/mol. The van der Waals surface area contributed by atoms with E-state index >= 15 is 0 Å². The van der Waals surface area contributed by atoms with Crippen LogP contribution in [-0.2, 0) is 6.54 Å². The van der Waals surface area contributed by atoms with E-state index in [1.165, 1.54) is 11.8 Å². The summed E-state index contributed by atoms with van der Waals surface area (Å²) in [7, 11) is 0. The lowest BCUT2D eigenvalue weighted by molar-refractivity contribution is 0.380. The Bertz CT molecular complexity index is 1180. The highest BCUT2D eigenvalue weighted by molar-refractivity contribution is 7.99. The van der Waals surface area contributed by atoms with E-state index in [9.17, 15) is 4.79 Å². The highest BCUT2D eigenvalue weighted by Gasteiger charge is 2.20. The summed E-state index contributed by atoms with van der Waals surface area (Å²) in [5.41, 5.74) is 1.47. The second kappa shape index (κ2) is 7.82. The Morgan fingerprint density at radius 2 is 1.89 bits per heavy atom. The van der Waals surface area contributed by atoms with E-state index in [2.05, 4.69) is 21.7 Å². The average molecular weight is 390 g/mol. The van der Waals surface area contributed by atoms with Gasteiger partial charge in [0.05, 0.1) is 16.2 Å². The third-order valence-corrected chi connectivity index (χ3v) is 5.32. The summed E-state index contributed by atoms with van der Waals surface area (Å²) in [6.07, 6.45) is 1.69. The second-order valence-electron chi connectivity index (χ2n) is 6.20. The van der Waals surface area contributed by atoms with Crippen molar-refractivity contribution in [2.75, 3.05) is 0 Å². The van der Waals surface area contributed by atoms with E-state index in [-0.39, 0.29) is 10.8 Å². The Balaban J connectivity index is 1.68. The second-order valence-corrected chi connectivity index (χ2v) is 7.51. The molecule has 4 aromatic rings. The molecule has 0 saturated heterocycles. The maximum Gasteiger partial charge on any atom is 0.262 e. The Kier molecular flexibility index (Phi) is 5.08. The lowest BCUT2D eigenvalue weighted by atomic mass is 10.2. The largest absolute Gasteiger partial charge is 0.338 e. The Hall–Kier alpha value is -3.19. The van der Waals surface area contributed by atoms with Crippen LogP contribution in [0.1, 0.15) is 18.1 Å². The molecule has 2 aromatic heterocycles. The molecular weight excluding hydrogens is 372 g/mol. The topological polar surface area (TPSA) is 73.8 Å². The van der Waals surface area contributed by atoms with Gasteiger partial charge < -0.3 is 4.52 Å². The van der Waals surface area contributed by atoms with Crippen LogP contribution >= 0.6 is 11.8 Å². The van der Waals surface area contributed by atoms with Gasteiger partial charge in [0.15, 0.2) is 5.16 Å². The van der Waals surface area contributed by atoms with E-state index in [0.717, 1.165) is 5.56 Å².